The van der Waals surface area contributed by atoms with Crippen LogP contribution in [0.4, 0.5) is 0 Å². The van der Waals surface area contributed by atoms with Gasteiger partial charge >= 0.3 is 5.97 Å². The number of ether oxygens (including phenoxy) is 1. The van der Waals surface area contributed by atoms with Gasteiger partial charge in [-0.3, -0.25) is 9.59 Å². The quantitative estimate of drug-likeness (QED) is 0.0417. The Hall–Kier alpha value is -1.14. The molecule has 0 aromatic rings. The number of carbonyl (C=O) groups excluding carboxylic acids is 2. The van der Waals surface area contributed by atoms with Crippen molar-refractivity contribution in [2.45, 2.75) is 443 Å². The average molecular weight is 1120 g/mol. The minimum atomic E-state index is -0.665. The number of amides is 1. The van der Waals surface area contributed by atoms with Crippen LogP contribution in [-0.2, 0) is 14.3 Å². The molecule has 0 bridgehead atoms. The summed E-state index contributed by atoms with van der Waals surface area (Å²) in [6.07, 6.45) is 84.4. The number of carbonyl (C=O) groups is 2. The first-order valence-electron chi connectivity index (χ1n) is 36.8. The molecule has 6 heteroatoms. The molecule has 0 aromatic carbocycles. The van der Waals surface area contributed by atoms with Crippen molar-refractivity contribution in [3.8, 4) is 0 Å². The SMILES string of the molecule is CCCCCCCCCCCCCCCCCCCCCCCCC(O)C(CO)NC(=O)CCCCCCCCCCCCCCCCCCCCCCCOC(=O)CCCCCCCCCCCCCCCCCCCCC. The van der Waals surface area contributed by atoms with E-state index in [0.29, 0.717) is 25.9 Å². The maximum atomic E-state index is 12.6. The van der Waals surface area contributed by atoms with Crippen molar-refractivity contribution in [1.82, 2.24) is 5.32 Å². The minimum absolute atomic E-state index is 0.0186. The van der Waals surface area contributed by atoms with Gasteiger partial charge in [0.1, 0.15) is 0 Å². The molecule has 0 fully saturated rings. The molecule has 0 saturated carbocycles. The van der Waals surface area contributed by atoms with Gasteiger partial charge in [-0.05, 0) is 25.7 Å². The van der Waals surface area contributed by atoms with E-state index in [1.54, 1.807) is 0 Å². The lowest BCUT2D eigenvalue weighted by molar-refractivity contribution is -0.143. The molecular formula is C73H145NO5. The molecule has 3 N–H and O–H groups in total. The highest BCUT2D eigenvalue weighted by Crippen LogP contribution is 2.20. The monoisotopic (exact) mass is 1120 g/mol. The Morgan fingerprint density at radius 2 is 0.519 bits per heavy atom. The van der Waals surface area contributed by atoms with E-state index < -0.39 is 12.1 Å². The zero-order chi connectivity index (χ0) is 57.1. The molecule has 0 aliphatic heterocycles. The first-order chi connectivity index (χ1) is 39.0. The first kappa shape index (κ1) is 77.9. The summed E-state index contributed by atoms with van der Waals surface area (Å²) in [5, 5.41) is 23.4. The van der Waals surface area contributed by atoms with Gasteiger partial charge in [-0.1, -0.05) is 393 Å². The second-order valence-corrected chi connectivity index (χ2v) is 25.6. The summed E-state index contributed by atoms with van der Waals surface area (Å²) in [6.45, 7) is 5.01. The highest BCUT2D eigenvalue weighted by atomic mass is 16.5. The maximum absolute atomic E-state index is 12.6. The second-order valence-electron chi connectivity index (χ2n) is 25.6. The Bertz CT molecular complexity index is 1150. The molecule has 0 heterocycles. The lowest BCUT2D eigenvalue weighted by atomic mass is 10.0. The smallest absolute Gasteiger partial charge is 0.305 e. The fourth-order valence-corrected chi connectivity index (χ4v) is 12.1. The van der Waals surface area contributed by atoms with Crippen molar-refractivity contribution < 1.29 is 24.5 Å². The van der Waals surface area contributed by atoms with Gasteiger partial charge in [-0.2, -0.15) is 0 Å². The van der Waals surface area contributed by atoms with E-state index in [9.17, 15) is 19.8 Å². The highest BCUT2D eigenvalue weighted by molar-refractivity contribution is 5.76. The summed E-state index contributed by atoms with van der Waals surface area (Å²) in [6, 6.07) is -0.542. The van der Waals surface area contributed by atoms with Crippen LogP contribution in [-0.4, -0.2) is 47.4 Å². The van der Waals surface area contributed by atoms with Crippen molar-refractivity contribution in [3.63, 3.8) is 0 Å². The number of hydrogen-bond donors (Lipinski definition) is 3. The van der Waals surface area contributed by atoms with E-state index in [2.05, 4.69) is 19.2 Å². The predicted molar refractivity (Wildman–Crippen MR) is 347 cm³/mol. The average Bonchev–Trinajstić information content (AvgIpc) is 3.45. The second kappa shape index (κ2) is 69.4. The molecule has 1 amide bonds. The Kier molecular flexibility index (Phi) is 68.4. The van der Waals surface area contributed by atoms with Gasteiger partial charge in [0.15, 0.2) is 0 Å². The van der Waals surface area contributed by atoms with Gasteiger partial charge in [-0.25, -0.2) is 0 Å². The third-order valence-corrected chi connectivity index (χ3v) is 17.7. The van der Waals surface area contributed by atoms with E-state index in [4.69, 9.17) is 4.74 Å². The number of unbranched alkanes of at least 4 members (excludes halogenated alkanes) is 59. The van der Waals surface area contributed by atoms with Crippen molar-refractivity contribution in [2.24, 2.45) is 0 Å². The van der Waals surface area contributed by atoms with Crippen molar-refractivity contribution >= 4 is 11.9 Å². The lowest BCUT2D eigenvalue weighted by Gasteiger charge is -2.22. The minimum Gasteiger partial charge on any atom is -0.466 e. The molecule has 0 rings (SSSR count). The normalized spacial score (nSPS) is 12.4. The van der Waals surface area contributed by atoms with Crippen LogP contribution in [0.15, 0.2) is 0 Å². The fraction of sp³-hybridized carbons (Fsp3) is 0.973. The fourth-order valence-electron chi connectivity index (χ4n) is 12.1. The Labute approximate surface area is 496 Å². The van der Waals surface area contributed by atoms with Gasteiger partial charge in [-0.15, -0.1) is 0 Å². The Morgan fingerprint density at radius 3 is 0.772 bits per heavy atom. The van der Waals surface area contributed by atoms with Crippen LogP contribution in [0, 0.1) is 0 Å². The van der Waals surface area contributed by atoms with Crippen molar-refractivity contribution in [3.05, 3.63) is 0 Å². The van der Waals surface area contributed by atoms with Crippen molar-refractivity contribution in [1.29, 1.82) is 0 Å². The molecule has 6 nitrogen and oxygen atoms in total. The number of rotatable bonds is 70. The van der Waals surface area contributed by atoms with Crippen LogP contribution < -0.4 is 5.32 Å². The molecule has 2 atom stereocenters. The number of aliphatic hydroxyl groups excluding tert-OH is 2. The Morgan fingerprint density at radius 1 is 0.304 bits per heavy atom. The predicted octanol–water partition coefficient (Wildman–Crippen LogP) is 23.8. The zero-order valence-electron chi connectivity index (χ0n) is 54.2. The summed E-state index contributed by atoms with van der Waals surface area (Å²) >= 11 is 0. The van der Waals surface area contributed by atoms with E-state index in [1.165, 1.54) is 360 Å². The summed E-state index contributed by atoms with van der Waals surface area (Å²) in [5.74, 6) is -0.0114. The molecular weight excluding hydrogens is 971 g/mol. The van der Waals surface area contributed by atoms with Crippen LogP contribution in [0.3, 0.4) is 0 Å². The molecule has 0 saturated heterocycles. The van der Waals surface area contributed by atoms with E-state index in [-0.39, 0.29) is 18.5 Å². The van der Waals surface area contributed by atoms with Crippen LogP contribution in [0.1, 0.15) is 431 Å². The maximum Gasteiger partial charge on any atom is 0.305 e. The largest absolute Gasteiger partial charge is 0.466 e. The molecule has 0 spiro atoms. The zero-order valence-corrected chi connectivity index (χ0v) is 54.2. The van der Waals surface area contributed by atoms with E-state index >= 15 is 0 Å². The van der Waals surface area contributed by atoms with Gasteiger partial charge in [0.05, 0.1) is 25.4 Å². The number of esters is 1. The summed E-state index contributed by atoms with van der Waals surface area (Å²) in [7, 11) is 0. The van der Waals surface area contributed by atoms with E-state index in [1.807, 2.05) is 0 Å². The molecule has 79 heavy (non-hydrogen) atoms. The summed E-state index contributed by atoms with van der Waals surface area (Å²) in [5.41, 5.74) is 0. The Balaban J connectivity index is 3.35. The van der Waals surface area contributed by atoms with Crippen LogP contribution in [0.2, 0.25) is 0 Å². The molecule has 0 radical (unpaired) electrons. The van der Waals surface area contributed by atoms with Crippen LogP contribution >= 0.6 is 0 Å². The molecule has 472 valence electrons. The summed E-state index contributed by atoms with van der Waals surface area (Å²) < 4.78 is 5.51. The standard InChI is InChI=1S/C73H145NO5/c1-3-5-7-9-11-13-15-17-19-21-23-24-26-30-33-37-41-45-49-53-57-61-65-71(76)70(69-75)74-72(77)66-62-58-54-50-46-42-38-34-31-27-25-28-32-36-40-44-48-52-56-60-64-68-79-73(78)67-63-59-55-51-47-43-39-35-29-22-20-18-16-14-12-10-8-6-4-2/h70-71,75-76H,3-69H2,1-2H3,(H,74,77). The number of hydrogen-bond acceptors (Lipinski definition) is 5. The molecule has 0 aromatic heterocycles. The van der Waals surface area contributed by atoms with Crippen LogP contribution in [0.25, 0.3) is 0 Å². The first-order valence-corrected chi connectivity index (χ1v) is 36.8. The van der Waals surface area contributed by atoms with Crippen LogP contribution in [0.5, 0.6) is 0 Å². The molecule has 0 aliphatic carbocycles. The molecule has 2 unspecified atom stereocenters. The number of aliphatic hydroxyl groups is 2. The molecule has 0 aliphatic rings. The van der Waals surface area contributed by atoms with Gasteiger partial charge < -0.3 is 20.3 Å². The number of nitrogens with one attached hydrogen (secondary N) is 1. The van der Waals surface area contributed by atoms with E-state index in [0.717, 1.165) is 38.5 Å². The topological polar surface area (TPSA) is 95.9 Å². The van der Waals surface area contributed by atoms with Gasteiger partial charge in [0.2, 0.25) is 5.91 Å². The van der Waals surface area contributed by atoms with Gasteiger partial charge in [0.25, 0.3) is 0 Å². The highest BCUT2D eigenvalue weighted by Gasteiger charge is 2.20. The summed E-state index contributed by atoms with van der Waals surface area (Å²) in [4.78, 5) is 24.7. The van der Waals surface area contributed by atoms with Crippen molar-refractivity contribution in [2.75, 3.05) is 13.2 Å². The lowest BCUT2D eigenvalue weighted by Crippen LogP contribution is -2.45. The van der Waals surface area contributed by atoms with Gasteiger partial charge in [0, 0.05) is 12.8 Å². The third kappa shape index (κ3) is 65.9. The third-order valence-electron chi connectivity index (χ3n) is 17.7.